The fourth-order valence-electron chi connectivity index (χ4n) is 1.24. The van der Waals surface area contributed by atoms with Crippen molar-refractivity contribution in [1.29, 1.82) is 0 Å². The molecule has 1 rings (SSSR count). The molecule has 16 heavy (non-hydrogen) atoms. The molecule has 6 heteroatoms. The monoisotopic (exact) mass is 227 g/mol. The topological polar surface area (TPSA) is 66.2 Å². The van der Waals surface area contributed by atoms with E-state index < -0.39 is 5.97 Å². The molecule has 0 spiro atoms. The van der Waals surface area contributed by atoms with Crippen molar-refractivity contribution in [3.8, 4) is 0 Å². The number of aromatic nitrogens is 3. The molecular weight excluding hydrogens is 210 g/mol. The average molecular weight is 227 g/mol. The van der Waals surface area contributed by atoms with Crippen LogP contribution in [0.15, 0.2) is 0 Å². The third-order valence-electron chi connectivity index (χ3n) is 2.28. The Hall–Kier alpha value is -1.43. The van der Waals surface area contributed by atoms with E-state index >= 15 is 0 Å². The molecular formula is C10H17N3O3. The van der Waals surface area contributed by atoms with E-state index in [-0.39, 0.29) is 11.8 Å². The highest BCUT2D eigenvalue weighted by atomic mass is 16.5. The highest BCUT2D eigenvalue weighted by Crippen LogP contribution is 2.07. The molecule has 1 unspecified atom stereocenters. The Bertz CT molecular complexity index is 362. The van der Waals surface area contributed by atoms with Gasteiger partial charge < -0.3 is 9.47 Å². The van der Waals surface area contributed by atoms with Crippen molar-refractivity contribution < 1.29 is 14.3 Å². The number of methoxy groups -OCH3 is 1. The van der Waals surface area contributed by atoms with Crippen LogP contribution in [0.3, 0.4) is 0 Å². The molecule has 0 saturated heterocycles. The average Bonchev–Trinajstić information content (AvgIpc) is 2.61. The van der Waals surface area contributed by atoms with Crippen LogP contribution in [0.25, 0.3) is 0 Å². The Morgan fingerprint density at radius 3 is 2.81 bits per heavy atom. The molecule has 1 aromatic rings. The van der Waals surface area contributed by atoms with Gasteiger partial charge in [-0.2, -0.15) is 0 Å². The van der Waals surface area contributed by atoms with Gasteiger partial charge in [0.05, 0.1) is 24.9 Å². The fourth-order valence-corrected chi connectivity index (χ4v) is 1.24. The molecule has 0 aromatic carbocycles. The van der Waals surface area contributed by atoms with Gasteiger partial charge in [-0.3, -0.25) is 0 Å². The summed E-state index contributed by atoms with van der Waals surface area (Å²) in [5, 5.41) is 7.70. The summed E-state index contributed by atoms with van der Waals surface area (Å²) < 4.78 is 11.6. The highest BCUT2D eigenvalue weighted by Gasteiger charge is 2.18. The van der Waals surface area contributed by atoms with Crippen LogP contribution in [-0.4, -0.2) is 40.8 Å². The second-order valence-corrected chi connectivity index (χ2v) is 3.47. The Balaban J connectivity index is 2.79. The van der Waals surface area contributed by atoms with E-state index in [0.29, 0.717) is 18.8 Å². The quantitative estimate of drug-likeness (QED) is 0.696. The summed E-state index contributed by atoms with van der Waals surface area (Å²) in [7, 11) is 1.63. The van der Waals surface area contributed by atoms with Crippen molar-refractivity contribution in [1.82, 2.24) is 15.0 Å². The molecule has 0 radical (unpaired) electrons. The summed E-state index contributed by atoms with van der Waals surface area (Å²) in [5.41, 5.74) is 0.965. The lowest BCUT2D eigenvalue weighted by atomic mass is 10.3. The molecule has 6 nitrogen and oxygen atoms in total. The number of hydrogen-bond donors (Lipinski definition) is 0. The first kappa shape index (κ1) is 12.6. The minimum Gasteiger partial charge on any atom is -0.461 e. The van der Waals surface area contributed by atoms with Gasteiger partial charge in [-0.15, -0.1) is 5.10 Å². The van der Waals surface area contributed by atoms with E-state index in [0.717, 1.165) is 0 Å². The second-order valence-electron chi connectivity index (χ2n) is 3.47. The maximum absolute atomic E-state index is 11.5. The van der Waals surface area contributed by atoms with Crippen molar-refractivity contribution in [3.63, 3.8) is 0 Å². The van der Waals surface area contributed by atoms with Gasteiger partial charge in [-0.25, -0.2) is 9.48 Å². The smallest absolute Gasteiger partial charge is 0.360 e. The molecule has 0 amide bonds. The Kier molecular flexibility index (Phi) is 4.42. The summed E-state index contributed by atoms with van der Waals surface area (Å²) in [6, 6.07) is 0. The first-order valence-corrected chi connectivity index (χ1v) is 5.20. The second kappa shape index (κ2) is 5.60. The summed E-state index contributed by atoms with van der Waals surface area (Å²) in [4.78, 5) is 11.5. The standard InChI is InChI=1S/C10H17N3O3/c1-5-16-10(14)9-8(3)13(12-11-9)6-7(2)15-4/h7H,5-6H2,1-4H3. The normalized spacial score (nSPS) is 12.5. The van der Waals surface area contributed by atoms with E-state index in [1.807, 2.05) is 6.92 Å². The molecule has 0 fully saturated rings. The number of carbonyl (C=O) groups is 1. The number of hydrogen-bond acceptors (Lipinski definition) is 5. The van der Waals surface area contributed by atoms with Crippen molar-refractivity contribution in [2.75, 3.05) is 13.7 Å². The summed E-state index contributed by atoms with van der Waals surface area (Å²) in [6.45, 7) is 6.36. The zero-order valence-corrected chi connectivity index (χ0v) is 10.1. The van der Waals surface area contributed by atoms with Gasteiger partial charge in [0.25, 0.3) is 0 Å². The Labute approximate surface area is 94.5 Å². The van der Waals surface area contributed by atoms with Gasteiger partial charge in [0.1, 0.15) is 0 Å². The van der Waals surface area contributed by atoms with Crippen LogP contribution in [-0.2, 0) is 16.0 Å². The SMILES string of the molecule is CCOC(=O)c1nnn(CC(C)OC)c1C. The van der Waals surface area contributed by atoms with Crippen LogP contribution < -0.4 is 0 Å². The van der Waals surface area contributed by atoms with Crippen molar-refractivity contribution >= 4 is 5.97 Å². The van der Waals surface area contributed by atoms with E-state index in [1.54, 1.807) is 25.6 Å². The number of carbonyl (C=O) groups excluding carboxylic acids is 1. The first-order chi connectivity index (χ1) is 7.60. The lowest BCUT2D eigenvalue weighted by molar-refractivity contribution is 0.0518. The van der Waals surface area contributed by atoms with E-state index in [9.17, 15) is 4.79 Å². The molecule has 1 atom stereocenters. The Morgan fingerprint density at radius 1 is 1.56 bits per heavy atom. The van der Waals surface area contributed by atoms with Gasteiger partial charge in [0, 0.05) is 7.11 Å². The maximum atomic E-state index is 11.5. The summed E-state index contributed by atoms with van der Waals surface area (Å²) in [6.07, 6.45) is 0.0236. The predicted molar refractivity (Wildman–Crippen MR) is 57.2 cm³/mol. The third kappa shape index (κ3) is 2.79. The Morgan fingerprint density at radius 2 is 2.25 bits per heavy atom. The van der Waals surface area contributed by atoms with Gasteiger partial charge in [-0.05, 0) is 20.8 Å². The minimum absolute atomic E-state index is 0.0236. The van der Waals surface area contributed by atoms with Crippen LogP contribution in [0, 0.1) is 6.92 Å². The lowest BCUT2D eigenvalue weighted by Crippen LogP contribution is -2.17. The summed E-state index contributed by atoms with van der Waals surface area (Å²) in [5.74, 6) is -0.434. The number of esters is 1. The van der Waals surface area contributed by atoms with Gasteiger partial charge >= 0.3 is 5.97 Å². The molecule has 0 N–H and O–H groups in total. The molecule has 0 aliphatic carbocycles. The minimum atomic E-state index is -0.434. The van der Waals surface area contributed by atoms with Crippen molar-refractivity contribution in [2.45, 2.75) is 33.4 Å². The zero-order valence-electron chi connectivity index (χ0n) is 10.1. The first-order valence-electron chi connectivity index (χ1n) is 5.20. The van der Waals surface area contributed by atoms with E-state index in [4.69, 9.17) is 9.47 Å². The van der Waals surface area contributed by atoms with Crippen LogP contribution >= 0.6 is 0 Å². The van der Waals surface area contributed by atoms with Crippen molar-refractivity contribution in [2.24, 2.45) is 0 Å². The highest BCUT2D eigenvalue weighted by molar-refractivity contribution is 5.88. The van der Waals surface area contributed by atoms with E-state index in [1.165, 1.54) is 0 Å². The molecule has 1 heterocycles. The number of rotatable bonds is 5. The molecule has 0 aliphatic heterocycles. The van der Waals surface area contributed by atoms with Crippen LogP contribution in [0.1, 0.15) is 30.0 Å². The van der Waals surface area contributed by atoms with E-state index in [2.05, 4.69) is 10.3 Å². The lowest BCUT2D eigenvalue weighted by Gasteiger charge is -2.09. The van der Waals surface area contributed by atoms with Crippen molar-refractivity contribution in [3.05, 3.63) is 11.4 Å². The third-order valence-corrected chi connectivity index (χ3v) is 2.28. The largest absolute Gasteiger partial charge is 0.461 e. The molecule has 0 bridgehead atoms. The number of nitrogens with zero attached hydrogens (tertiary/aromatic N) is 3. The maximum Gasteiger partial charge on any atom is 0.360 e. The molecule has 0 saturated carbocycles. The van der Waals surface area contributed by atoms with Gasteiger partial charge in [-0.1, -0.05) is 5.21 Å². The fraction of sp³-hybridized carbons (Fsp3) is 0.700. The van der Waals surface area contributed by atoms with Crippen LogP contribution in [0.5, 0.6) is 0 Å². The van der Waals surface area contributed by atoms with Crippen LogP contribution in [0.2, 0.25) is 0 Å². The zero-order chi connectivity index (χ0) is 12.1. The predicted octanol–water partition coefficient (Wildman–Crippen LogP) is 0.798. The molecule has 0 aliphatic rings. The number of ether oxygens (including phenoxy) is 2. The van der Waals surface area contributed by atoms with Gasteiger partial charge in [0.2, 0.25) is 0 Å². The van der Waals surface area contributed by atoms with Crippen LogP contribution in [0.4, 0.5) is 0 Å². The molecule has 90 valence electrons. The summed E-state index contributed by atoms with van der Waals surface area (Å²) >= 11 is 0. The van der Waals surface area contributed by atoms with Gasteiger partial charge in [0.15, 0.2) is 5.69 Å². The molecule has 1 aromatic heterocycles.